The standard InChI is InChI=1S/C19H21N5O/c25-19(8-11-24-14-22-17-5-1-2-6-18(17)24)23-10-3-4-15(12-23)16-7-9-20-13-21-16/h1-2,5-7,9,13-15H,3-4,8,10-12H2/t15-/m0/s1. The molecule has 1 atom stereocenters. The smallest absolute Gasteiger partial charge is 0.224 e. The van der Waals surface area contributed by atoms with E-state index in [0.717, 1.165) is 42.7 Å². The average molecular weight is 335 g/mol. The fourth-order valence-corrected chi connectivity index (χ4v) is 3.55. The lowest BCUT2D eigenvalue weighted by Crippen LogP contribution is -2.39. The summed E-state index contributed by atoms with van der Waals surface area (Å²) in [6, 6.07) is 9.96. The molecule has 1 aliphatic rings. The summed E-state index contributed by atoms with van der Waals surface area (Å²) in [6.07, 6.45) is 7.77. The highest BCUT2D eigenvalue weighted by Gasteiger charge is 2.25. The lowest BCUT2D eigenvalue weighted by atomic mass is 9.94. The Balaban J connectivity index is 1.39. The van der Waals surface area contributed by atoms with Crippen molar-refractivity contribution >= 4 is 16.9 Å². The summed E-state index contributed by atoms with van der Waals surface area (Å²) in [5.74, 6) is 0.520. The van der Waals surface area contributed by atoms with Crippen molar-refractivity contribution in [3.05, 3.63) is 54.9 Å². The zero-order valence-corrected chi connectivity index (χ0v) is 14.1. The molecule has 6 nitrogen and oxygen atoms in total. The number of para-hydroxylation sites is 2. The van der Waals surface area contributed by atoms with Crippen LogP contribution in [0.4, 0.5) is 0 Å². The lowest BCUT2D eigenvalue weighted by molar-refractivity contribution is -0.132. The van der Waals surface area contributed by atoms with Crippen LogP contribution in [0.2, 0.25) is 0 Å². The Morgan fingerprint density at radius 2 is 2.12 bits per heavy atom. The third kappa shape index (κ3) is 3.38. The largest absolute Gasteiger partial charge is 0.342 e. The highest BCUT2D eigenvalue weighted by Crippen LogP contribution is 2.25. The summed E-state index contributed by atoms with van der Waals surface area (Å²) in [4.78, 5) is 27.4. The van der Waals surface area contributed by atoms with Crippen molar-refractivity contribution < 1.29 is 4.79 Å². The molecule has 0 spiro atoms. The fraction of sp³-hybridized carbons (Fsp3) is 0.368. The Labute approximate surface area is 146 Å². The van der Waals surface area contributed by atoms with Gasteiger partial charge in [0.2, 0.25) is 5.91 Å². The minimum Gasteiger partial charge on any atom is -0.342 e. The zero-order chi connectivity index (χ0) is 17.1. The molecule has 1 amide bonds. The van der Waals surface area contributed by atoms with Gasteiger partial charge in [-0.3, -0.25) is 4.79 Å². The molecule has 0 saturated carbocycles. The molecule has 25 heavy (non-hydrogen) atoms. The van der Waals surface area contributed by atoms with E-state index < -0.39 is 0 Å². The highest BCUT2D eigenvalue weighted by atomic mass is 16.2. The van der Waals surface area contributed by atoms with Gasteiger partial charge in [0.05, 0.1) is 17.4 Å². The van der Waals surface area contributed by atoms with Crippen LogP contribution >= 0.6 is 0 Å². The molecule has 0 radical (unpaired) electrons. The van der Waals surface area contributed by atoms with Gasteiger partial charge in [0, 0.05) is 43.9 Å². The summed E-state index contributed by atoms with van der Waals surface area (Å²) in [5.41, 5.74) is 3.08. The molecule has 1 aliphatic heterocycles. The molecule has 128 valence electrons. The minimum atomic E-state index is 0.205. The first-order chi connectivity index (χ1) is 12.3. The predicted molar refractivity (Wildman–Crippen MR) is 94.9 cm³/mol. The molecule has 0 aliphatic carbocycles. The van der Waals surface area contributed by atoms with E-state index in [0.29, 0.717) is 18.9 Å². The van der Waals surface area contributed by atoms with Crippen molar-refractivity contribution in [2.75, 3.05) is 13.1 Å². The van der Waals surface area contributed by atoms with Crippen LogP contribution in [0, 0.1) is 0 Å². The van der Waals surface area contributed by atoms with Crippen molar-refractivity contribution in [1.29, 1.82) is 0 Å². The van der Waals surface area contributed by atoms with E-state index in [1.807, 2.05) is 41.6 Å². The number of nitrogens with zero attached hydrogens (tertiary/aromatic N) is 5. The Kier molecular flexibility index (Phi) is 4.41. The van der Waals surface area contributed by atoms with Crippen LogP contribution in [0.15, 0.2) is 49.2 Å². The molecule has 0 N–H and O–H groups in total. The van der Waals surface area contributed by atoms with Gasteiger partial charge in [0.15, 0.2) is 0 Å². The SMILES string of the molecule is O=C(CCn1cnc2ccccc21)N1CCC[C@H](c2ccncn2)C1. The molecule has 4 rings (SSSR count). The molecule has 1 aromatic carbocycles. The summed E-state index contributed by atoms with van der Waals surface area (Å²) in [5, 5.41) is 0. The third-order valence-corrected chi connectivity index (χ3v) is 4.89. The number of aromatic nitrogens is 4. The van der Waals surface area contributed by atoms with Crippen LogP contribution in [0.5, 0.6) is 0 Å². The number of carbonyl (C=O) groups is 1. The number of rotatable bonds is 4. The second kappa shape index (κ2) is 7.01. The number of carbonyl (C=O) groups excluding carboxylic acids is 1. The van der Waals surface area contributed by atoms with E-state index in [-0.39, 0.29) is 5.91 Å². The van der Waals surface area contributed by atoms with E-state index in [1.54, 1.807) is 12.5 Å². The maximum Gasteiger partial charge on any atom is 0.224 e. The fourth-order valence-electron chi connectivity index (χ4n) is 3.55. The maximum atomic E-state index is 12.7. The number of piperidine rings is 1. The Bertz CT molecular complexity index is 860. The third-order valence-electron chi connectivity index (χ3n) is 4.89. The van der Waals surface area contributed by atoms with Crippen LogP contribution in [-0.4, -0.2) is 43.4 Å². The lowest BCUT2D eigenvalue weighted by Gasteiger charge is -2.32. The van der Waals surface area contributed by atoms with E-state index in [2.05, 4.69) is 19.5 Å². The second-order valence-corrected chi connectivity index (χ2v) is 6.49. The van der Waals surface area contributed by atoms with Crippen LogP contribution in [0.3, 0.4) is 0 Å². The van der Waals surface area contributed by atoms with Gasteiger partial charge in [-0.25, -0.2) is 15.0 Å². The molecule has 2 aromatic heterocycles. The zero-order valence-electron chi connectivity index (χ0n) is 14.1. The van der Waals surface area contributed by atoms with Crippen molar-refractivity contribution in [3.8, 4) is 0 Å². The summed E-state index contributed by atoms with van der Waals surface area (Å²) in [7, 11) is 0. The Morgan fingerprint density at radius 1 is 1.20 bits per heavy atom. The van der Waals surface area contributed by atoms with Gasteiger partial charge in [0.25, 0.3) is 0 Å². The molecule has 3 heterocycles. The van der Waals surface area contributed by atoms with E-state index in [1.165, 1.54) is 0 Å². The predicted octanol–water partition coefficient (Wildman–Crippen LogP) is 2.62. The van der Waals surface area contributed by atoms with Gasteiger partial charge in [-0.05, 0) is 31.0 Å². The normalized spacial score (nSPS) is 17.8. The topological polar surface area (TPSA) is 63.9 Å². The van der Waals surface area contributed by atoms with Crippen molar-refractivity contribution in [2.45, 2.75) is 31.7 Å². The number of fused-ring (bicyclic) bond motifs is 1. The van der Waals surface area contributed by atoms with Crippen LogP contribution in [-0.2, 0) is 11.3 Å². The molecule has 0 unspecified atom stereocenters. The quantitative estimate of drug-likeness (QED) is 0.735. The van der Waals surface area contributed by atoms with Crippen molar-refractivity contribution in [1.82, 2.24) is 24.4 Å². The maximum absolute atomic E-state index is 12.7. The first-order valence-electron chi connectivity index (χ1n) is 8.75. The van der Waals surface area contributed by atoms with Crippen molar-refractivity contribution in [2.24, 2.45) is 0 Å². The van der Waals surface area contributed by atoms with Crippen LogP contribution in [0.25, 0.3) is 11.0 Å². The number of aryl methyl sites for hydroxylation is 1. The number of hydrogen-bond acceptors (Lipinski definition) is 4. The number of benzene rings is 1. The van der Waals surface area contributed by atoms with E-state index >= 15 is 0 Å². The number of amides is 1. The molecular weight excluding hydrogens is 314 g/mol. The van der Waals surface area contributed by atoms with Gasteiger partial charge >= 0.3 is 0 Å². The number of hydrogen-bond donors (Lipinski definition) is 0. The molecule has 0 bridgehead atoms. The van der Waals surface area contributed by atoms with Crippen molar-refractivity contribution in [3.63, 3.8) is 0 Å². The number of imidazole rings is 1. The van der Waals surface area contributed by atoms with Gasteiger partial charge < -0.3 is 9.47 Å². The highest BCUT2D eigenvalue weighted by molar-refractivity contribution is 5.77. The molecular formula is C19H21N5O. The monoisotopic (exact) mass is 335 g/mol. The molecule has 1 fully saturated rings. The first kappa shape index (κ1) is 15.7. The second-order valence-electron chi connectivity index (χ2n) is 6.49. The molecule has 6 heteroatoms. The van der Waals surface area contributed by atoms with Gasteiger partial charge in [0.1, 0.15) is 6.33 Å². The van der Waals surface area contributed by atoms with E-state index in [9.17, 15) is 4.79 Å². The van der Waals surface area contributed by atoms with E-state index in [4.69, 9.17) is 0 Å². The number of likely N-dealkylation sites (tertiary alicyclic amines) is 1. The van der Waals surface area contributed by atoms with Gasteiger partial charge in [-0.2, -0.15) is 0 Å². The van der Waals surface area contributed by atoms with Crippen LogP contribution < -0.4 is 0 Å². The molecule has 3 aromatic rings. The summed E-state index contributed by atoms with van der Waals surface area (Å²) < 4.78 is 2.05. The summed E-state index contributed by atoms with van der Waals surface area (Å²) in [6.45, 7) is 2.25. The Morgan fingerprint density at radius 3 is 3.00 bits per heavy atom. The minimum absolute atomic E-state index is 0.205. The molecule has 1 saturated heterocycles. The van der Waals surface area contributed by atoms with Gasteiger partial charge in [-0.1, -0.05) is 12.1 Å². The summed E-state index contributed by atoms with van der Waals surface area (Å²) >= 11 is 0. The average Bonchev–Trinajstić information content (AvgIpc) is 3.10. The Hall–Kier alpha value is -2.76. The first-order valence-corrected chi connectivity index (χ1v) is 8.75. The van der Waals surface area contributed by atoms with Gasteiger partial charge in [-0.15, -0.1) is 0 Å². The van der Waals surface area contributed by atoms with Crippen LogP contribution in [0.1, 0.15) is 30.9 Å².